The van der Waals surface area contributed by atoms with Crippen LogP contribution in [0.1, 0.15) is 0 Å². The monoisotopic (exact) mass is 652 g/mol. The Morgan fingerprint density at radius 2 is 1.00 bits per heavy atom. The minimum atomic E-state index is 0.880. The molecule has 10 aromatic rings. The van der Waals surface area contributed by atoms with Gasteiger partial charge in [0, 0.05) is 38.5 Å². The van der Waals surface area contributed by atoms with Gasteiger partial charge in [-0.05, 0) is 77.4 Å². The van der Waals surface area contributed by atoms with E-state index < -0.39 is 0 Å². The van der Waals surface area contributed by atoms with Crippen LogP contribution in [0.3, 0.4) is 0 Å². The molecule has 8 aromatic carbocycles. The zero-order valence-corrected chi connectivity index (χ0v) is 27.8. The fourth-order valence-electron chi connectivity index (χ4n) is 7.69. The highest BCUT2D eigenvalue weighted by atomic mass is 16.3. The van der Waals surface area contributed by atoms with Crippen molar-refractivity contribution in [1.29, 1.82) is 0 Å². The molecular formula is C48H32N2O. The maximum atomic E-state index is 6.29. The third kappa shape index (κ3) is 4.82. The predicted octanol–water partition coefficient (Wildman–Crippen LogP) is 13.5. The first-order valence-electron chi connectivity index (χ1n) is 17.4. The summed E-state index contributed by atoms with van der Waals surface area (Å²) < 4.78 is 8.69. The van der Waals surface area contributed by atoms with Crippen molar-refractivity contribution in [2.24, 2.45) is 0 Å². The average molecular weight is 653 g/mol. The Morgan fingerprint density at radius 1 is 0.392 bits per heavy atom. The SMILES string of the molecule is c1ccc(-c2ccc(-n3c4ccccc4c4c(N(c5ccc6oc7ccccc7c6c5)c5ccccc5-c5ccccc5)cccc43)cc2)cc1. The first kappa shape index (κ1) is 29.1. The molecule has 0 saturated heterocycles. The van der Waals surface area contributed by atoms with E-state index in [-0.39, 0.29) is 0 Å². The Morgan fingerprint density at radius 3 is 1.82 bits per heavy atom. The summed E-state index contributed by atoms with van der Waals surface area (Å²) in [6.07, 6.45) is 0. The average Bonchev–Trinajstić information content (AvgIpc) is 3.75. The fourth-order valence-corrected chi connectivity index (χ4v) is 7.69. The van der Waals surface area contributed by atoms with Crippen molar-refractivity contribution in [3.05, 3.63) is 194 Å². The van der Waals surface area contributed by atoms with E-state index in [4.69, 9.17) is 4.42 Å². The van der Waals surface area contributed by atoms with Gasteiger partial charge in [0.05, 0.1) is 22.4 Å². The van der Waals surface area contributed by atoms with Crippen LogP contribution in [0, 0.1) is 0 Å². The molecule has 51 heavy (non-hydrogen) atoms. The molecule has 3 nitrogen and oxygen atoms in total. The summed E-state index contributed by atoms with van der Waals surface area (Å²) in [6.45, 7) is 0. The van der Waals surface area contributed by atoms with Gasteiger partial charge in [0.25, 0.3) is 0 Å². The summed E-state index contributed by atoms with van der Waals surface area (Å²) in [5, 5.41) is 4.60. The number of fused-ring (bicyclic) bond motifs is 6. The summed E-state index contributed by atoms with van der Waals surface area (Å²) in [5.74, 6) is 0. The minimum absolute atomic E-state index is 0.880. The van der Waals surface area contributed by atoms with Gasteiger partial charge >= 0.3 is 0 Å². The predicted molar refractivity (Wildman–Crippen MR) is 214 cm³/mol. The van der Waals surface area contributed by atoms with Gasteiger partial charge in [0.1, 0.15) is 11.2 Å². The van der Waals surface area contributed by atoms with Crippen molar-refractivity contribution in [2.45, 2.75) is 0 Å². The van der Waals surface area contributed by atoms with Crippen molar-refractivity contribution in [3.8, 4) is 27.9 Å². The van der Waals surface area contributed by atoms with Crippen LogP contribution in [-0.4, -0.2) is 4.57 Å². The third-order valence-electron chi connectivity index (χ3n) is 10.00. The van der Waals surface area contributed by atoms with Crippen LogP contribution in [0.5, 0.6) is 0 Å². The summed E-state index contributed by atoms with van der Waals surface area (Å²) >= 11 is 0. The van der Waals surface area contributed by atoms with Crippen molar-refractivity contribution in [1.82, 2.24) is 4.57 Å². The summed E-state index contributed by atoms with van der Waals surface area (Å²) in [6, 6.07) is 69.2. The van der Waals surface area contributed by atoms with Crippen molar-refractivity contribution < 1.29 is 4.42 Å². The largest absolute Gasteiger partial charge is 0.456 e. The molecule has 0 aliphatic heterocycles. The second kappa shape index (κ2) is 11.9. The summed E-state index contributed by atoms with van der Waals surface area (Å²) in [5.41, 5.74) is 13.2. The highest BCUT2D eigenvalue weighted by Crippen LogP contribution is 2.47. The Labute approximate surface area is 295 Å². The molecule has 2 aromatic heterocycles. The lowest BCUT2D eigenvalue weighted by Gasteiger charge is -2.29. The third-order valence-corrected chi connectivity index (χ3v) is 10.00. The van der Waals surface area contributed by atoms with Crippen molar-refractivity contribution in [2.75, 3.05) is 4.90 Å². The molecule has 0 amide bonds. The lowest BCUT2D eigenvalue weighted by Crippen LogP contribution is -2.11. The smallest absolute Gasteiger partial charge is 0.135 e. The lowest BCUT2D eigenvalue weighted by atomic mass is 10.0. The molecular weight excluding hydrogens is 621 g/mol. The van der Waals surface area contributed by atoms with Gasteiger partial charge < -0.3 is 13.9 Å². The maximum Gasteiger partial charge on any atom is 0.135 e. The molecule has 3 heteroatoms. The topological polar surface area (TPSA) is 21.3 Å². The summed E-state index contributed by atoms with van der Waals surface area (Å²) in [4.78, 5) is 2.43. The van der Waals surface area contributed by atoms with Gasteiger partial charge in [-0.1, -0.05) is 133 Å². The normalized spacial score (nSPS) is 11.5. The first-order valence-corrected chi connectivity index (χ1v) is 17.4. The molecule has 0 spiro atoms. The number of hydrogen-bond acceptors (Lipinski definition) is 2. The molecule has 0 saturated carbocycles. The van der Waals surface area contributed by atoms with Crippen LogP contribution in [-0.2, 0) is 0 Å². The van der Waals surface area contributed by atoms with Crippen LogP contribution in [0.15, 0.2) is 199 Å². The number of anilines is 3. The van der Waals surface area contributed by atoms with E-state index in [1.807, 2.05) is 12.1 Å². The van der Waals surface area contributed by atoms with Gasteiger partial charge in [-0.15, -0.1) is 0 Å². The lowest BCUT2D eigenvalue weighted by molar-refractivity contribution is 0.669. The number of hydrogen-bond donors (Lipinski definition) is 0. The van der Waals surface area contributed by atoms with E-state index in [9.17, 15) is 0 Å². The minimum Gasteiger partial charge on any atom is -0.456 e. The van der Waals surface area contributed by atoms with Gasteiger partial charge in [-0.2, -0.15) is 0 Å². The standard InChI is InChI=1S/C48H32N2O/c1-3-14-33(15-4-1)34-26-28-36(29-27-34)49-43-22-11-8-20-40(43)48-44(49)23-13-24-45(48)50(42-21-10-7-18-38(42)35-16-5-2-6-17-35)37-30-31-47-41(32-37)39-19-9-12-25-46(39)51-47/h1-32H. The van der Waals surface area contributed by atoms with E-state index in [2.05, 4.69) is 191 Å². The molecule has 0 bridgehead atoms. The molecule has 0 unspecified atom stereocenters. The zero-order chi connectivity index (χ0) is 33.7. The first-order chi connectivity index (χ1) is 25.3. The van der Waals surface area contributed by atoms with Crippen LogP contribution in [0.4, 0.5) is 17.1 Å². The Bertz CT molecular complexity index is 2850. The number of benzene rings is 8. The molecule has 0 N–H and O–H groups in total. The Kier molecular flexibility index (Phi) is 6.81. The second-order valence-corrected chi connectivity index (χ2v) is 12.9. The molecule has 0 aliphatic rings. The van der Waals surface area contributed by atoms with Gasteiger partial charge in [-0.3, -0.25) is 0 Å². The summed E-state index contributed by atoms with van der Waals surface area (Å²) in [7, 11) is 0. The number of rotatable bonds is 6. The quantitative estimate of drug-likeness (QED) is 0.178. The second-order valence-electron chi connectivity index (χ2n) is 12.9. The number of nitrogens with zero attached hydrogens (tertiary/aromatic N) is 2. The fraction of sp³-hybridized carbons (Fsp3) is 0. The van der Waals surface area contributed by atoms with Gasteiger partial charge in [-0.25, -0.2) is 0 Å². The molecule has 2 heterocycles. The van der Waals surface area contributed by atoms with Gasteiger partial charge in [0.2, 0.25) is 0 Å². The van der Waals surface area contributed by atoms with Crippen LogP contribution in [0.25, 0.3) is 71.7 Å². The van der Waals surface area contributed by atoms with E-state index >= 15 is 0 Å². The Hall–Kier alpha value is -6.84. The molecule has 0 fully saturated rings. The highest BCUT2D eigenvalue weighted by Gasteiger charge is 2.23. The van der Waals surface area contributed by atoms with E-state index in [1.165, 1.54) is 33.0 Å². The van der Waals surface area contributed by atoms with E-state index in [0.29, 0.717) is 0 Å². The maximum absolute atomic E-state index is 6.29. The van der Waals surface area contributed by atoms with Crippen molar-refractivity contribution >= 4 is 60.8 Å². The van der Waals surface area contributed by atoms with Crippen LogP contribution in [0.2, 0.25) is 0 Å². The Balaban J connectivity index is 1.25. The van der Waals surface area contributed by atoms with E-state index in [1.54, 1.807) is 0 Å². The van der Waals surface area contributed by atoms with Crippen LogP contribution < -0.4 is 4.90 Å². The molecule has 0 aliphatic carbocycles. The number of para-hydroxylation sites is 3. The number of furan rings is 1. The molecule has 240 valence electrons. The molecule has 0 atom stereocenters. The number of aromatic nitrogens is 1. The van der Waals surface area contributed by atoms with Gasteiger partial charge in [0.15, 0.2) is 0 Å². The highest BCUT2D eigenvalue weighted by molar-refractivity contribution is 6.17. The molecule has 0 radical (unpaired) electrons. The molecule has 10 rings (SSSR count). The zero-order valence-electron chi connectivity index (χ0n) is 27.8. The van der Waals surface area contributed by atoms with E-state index in [0.717, 1.165) is 55.8 Å². The van der Waals surface area contributed by atoms with Crippen LogP contribution >= 0.6 is 0 Å². The van der Waals surface area contributed by atoms with Crippen molar-refractivity contribution in [3.63, 3.8) is 0 Å².